The molecule has 1 atom stereocenters. The molecule has 6 nitrogen and oxygen atoms in total. The van der Waals surface area contributed by atoms with Gasteiger partial charge in [0.1, 0.15) is 13.2 Å². The van der Waals surface area contributed by atoms with Crippen molar-refractivity contribution in [2.75, 3.05) is 19.8 Å². The summed E-state index contributed by atoms with van der Waals surface area (Å²) >= 11 is 0. The first-order valence-corrected chi connectivity index (χ1v) is 7.92. The van der Waals surface area contributed by atoms with Gasteiger partial charge in [0, 0.05) is 25.4 Å². The molecule has 3 heterocycles. The van der Waals surface area contributed by atoms with Crippen LogP contribution in [0.4, 0.5) is 0 Å². The molecule has 120 valence electrons. The molecule has 2 aromatic rings. The molecule has 6 heteroatoms. The minimum Gasteiger partial charge on any atom is -0.486 e. The van der Waals surface area contributed by atoms with Crippen LogP contribution in [0.3, 0.4) is 0 Å². The third-order valence-corrected chi connectivity index (χ3v) is 4.42. The zero-order chi connectivity index (χ0) is 15.8. The van der Waals surface area contributed by atoms with Crippen LogP contribution >= 0.6 is 0 Å². The number of rotatable bonds is 2. The largest absolute Gasteiger partial charge is 0.486 e. The summed E-state index contributed by atoms with van der Waals surface area (Å²) in [7, 11) is 1.89. The third-order valence-electron chi connectivity index (χ3n) is 4.42. The van der Waals surface area contributed by atoms with Crippen LogP contribution in [0.15, 0.2) is 30.6 Å². The summed E-state index contributed by atoms with van der Waals surface area (Å²) in [4.78, 5) is 15.0. The van der Waals surface area contributed by atoms with E-state index in [0.29, 0.717) is 30.3 Å². The highest BCUT2D eigenvalue weighted by molar-refractivity contribution is 5.98. The summed E-state index contributed by atoms with van der Waals surface area (Å²) in [6.07, 6.45) is 5.79. The Morgan fingerprint density at radius 2 is 2.17 bits per heavy atom. The summed E-state index contributed by atoms with van der Waals surface area (Å²) in [5.41, 5.74) is 1.67. The van der Waals surface area contributed by atoms with Crippen molar-refractivity contribution >= 4 is 5.91 Å². The normalized spacial score (nSPS) is 19.9. The highest BCUT2D eigenvalue weighted by Gasteiger charge is 2.33. The van der Waals surface area contributed by atoms with Gasteiger partial charge in [0.15, 0.2) is 11.5 Å². The maximum atomic E-state index is 13.1. The molecule has 0 radical (unpaired) electrons. The van der Waals surface area contributed by atoms with Crippen LogP contribution in [0.1, 0.15) is 34.8 Å². The van der Waals surface area contributed by atoms with E-state index in [-0.39, 0.29) is 11.9 Å². The number of aromatic nitrogens is 2. The smallest absolute Gasteiger partial charge is 0.258 e. The predicted octanol–water partition coefficient (Wildman–Crippen LogP) is 2.17. The van der Waals surface area contributed by atoms with Gasteiger partial charge < -0.3 is 14.4 Å². The van der Waals surface area contributed by atoms with Crippen LogP contribution in [0.2, 0.25) is 0 Å². The number of carbonyl (C=O) groups excluding carboxylic acids is 1. The number of hydrogen-bond donors (Lipinski definition) is 0. The highest BCUT2D eigenvalue weighted by atomic mass is 16.6. The summed E-state index contributed by atoms with van der Waals surface area (Å²) in [6.45, 7) is 1.75. The van der Waals surface area contributed by atoms with Gasteiger partial charge in [-0.15, -0.1) is 0 Å². The number of nitrogens with zero attached hydrogens (tertiary/aromatic N) is 3. The van der Waals surface area contributed by atoms with E-state index in [9.17, 15) is 4.79 Å². The average Bonchev–Trinajstić information content (AvgIpc) is 3.22. The van der Waals surface area contributed by atoms with Crippen molar-refractivity contribution in [3.63, 3.8) is 0 Å². The first-order valence-electron chi connectivity index (χ1n) is 7.92. The SMILES string of the molecule is Cn1cc([C@H]2CCCN2C(=O)c2cccc3c2OCCO3)cn1. The van der Waals surface area contributed by atoms with E-state index in [0.717, 1.165) is 24.9 Å². The number of likely N-dealkylation sites (tertiary alicyclic amines) is 1. The molecule has 0 unspecified atom stereocenters. The van der Waals surface area contributed by atoms with Gasteiger partial charge in [-0.25, -0.2) is 0 Å². The van der Waals surface area contributed by atoms with Crippen LogP contribution in [-0.2, 0) is 7.05 Å². The van der Waals surface area contributed by atoms with Gasteiger partial charge in [0.05, 0.1) is 17.8 Å². The zero-order valence-corrected chi connectivity index (χ0v) is 13.1. The second kappa shape index (κ2) is 5.61. The van der Waals surface area contributed by atoms with Crippen molar-refractivity contribution in [2.45, 2.75) is 18.9 Å². The molecule has 1 aromatic carbocycles. The topological polar surface area (TPSA) is 56.6 Å². The van der Waals surface area contributed by atoms with E-state index in [1.807, 2.05) is 42.5 Å². The molecule has 1 aromatic heterocycles. The van der Waals surface area contributed by atoms with Crippen molar-refractivity contribution in [1.82, 2.24) is 14.7 Å². The molecular formula is C17H19N3O3. The molecular weight excluding hydrogens is 294 g/mol. The molecule has 1 amide bonds. The Bertz CT molecular complexity index is 740. The molecule has 1 saturated heterocycles. The van der Waals surface area contributed by atoms with Crippen molar-refractivity contribution in [3.8, 4) is 11.5 Å². The van der Waals surface area contributed by atoms with Crippen LogP contribution in [0.25, 0.3) is 0 Å². The lowest BCUT2D eigenvalue weighted by Crippen LogP contribution is -2.31. The number of para-hydroxylation sites is 1. The second-order valence-electron chi connectivity index (χ2n) is 5.93. The molecule has 0 N–H and O–H groups in total. The minimum absolute atomic E-state index is 0.00120. The summed E-state index contributed by atoms with van der Waals surface area (Å²) in [5.74, 6) is 1.22. The first kappa shape index (κ1) is 14.1. The summed E-state index contributed by atoms with van der Waals surface area (Å²) in [6, 6.07) is 5.58. The van der Waals surface area contributed by atoms with Gasteiger partial charge in [0.25, 0.3) is 5.91 Å². The number of carbonyl (C=O) groups is 1. The average molecular weight is 313 g/mol. The van der Waals surface area contributed by atoms with E-state index < -0.39 is 0 Å². The molecule has 1 fully saturated rings. The maximum absolute atomic E-state index is 13.1. The Hall–Kier alpha value is -2.50. The number of aryl methyl sites for hydroxylation is 1. The molecule has 0 saturated carbocycles. The summed E-state index contributed by atoms with van der Waals surface area (Å²) < 4.78 is 13.0. The second-order valence-corrected chi connectivity index (χ2v) is 5.93. The fourth-order valence-electron chi connectivity index (χ4n) is 3.37. The third kappa shape index (κ3) is 2.44. The Morgan fingerprint density at radius 3 is 3.00 bits per heavy atom. The lowest BCUT2D eigenvalue weighted by atomic mass is 10.1. The molecule has 4 rings (SSSR count). The van der Waals surface area contributed by atoms with Gasteiger partial charge in [0.2, 0.25) is 0 Å². The van der Waals surface area contributed by atoms with Crippen LogP contribution in [0, 0.1) is 0 Å². The van der Waals surface area contributed by atoms with Crippen molar-refractivity contribution < 1.29 is 14.3 Å². The highest BCUT2D eigenvalue weighted by Crippen LogP contribution is 2.38. The van der Waals surface area contributed by atoms with Gasteiger partial charge in [-0.2, -0.15) is 5.10 Å². The molecule has 0 bridgehead atoms. The maximum Gasteiger partial charge on any atom is 0.258 e. The van der Waals surface area contributed by atoms with E-state index >= 15 is 0 Å². The predicted molar refractivity (Wildman–Crippen MR) is 83.7 cm³/mol. The van der Waals surface area contributed by atoms with Gasteiger partial charge in [-0.3, -0.25) is 9.48 Å². The van der Waals surface area contributed by atoms with E-state index in [1.54, 1.807) is 4.68 Å². The molecule has 0 aliphatic carbocycles. The van der Waals surface area contributed by atoms with Crippen molar-refractivity contribution in [1.29, 1.82) is 0 Å². The number of benzene rings is 1. The fourth-order valence-corrected chi connectivity index (χ4v) is 3.37. The Kier molecular flexibility index (Phi) is 3.44. The Labute approximate surface area is 134 Å². The van der Waals surface area contributed by atoms with Gasteiger partial charge in [-0.1, -0.05) is 6.07 Å². The standard InChI is InChI=1S/C17H19N3O3/c1-19-11-12(10-18-19)14-5-3-7-20(14)17(21)13-4-2-6-15-16(13)23-9-8-22-15/h2,4,6,10-11,14H,3,5,7-9H2,1H3/t14-/m1/s1. The summed E-state index contributed by atoms with van der Waals surface area (Å²) in [5, 5.41) is 4.23. The molecule has 2 aliphatic rings. The first-order chi connectivity index (χ1) is 11.2. The number of ether oxygens (including phenoxy) is 2. The van der Waals surface area contributed by atoms with E-state index in [2.05, 4.69) is 5.10 Å². The number of amides is 1. The van der Waals surface area contributed by atoms with E-state index in [4.69, 9.17) is 9.47 Å². The minimum atomic E-state index is -0.00120. The van der Waals surface area contributed by atoms with Crippen molar-refractivity contribution in [2.24, 2.45) is 7.05 Å². The van der Waals surface area contributed by atoms with Crippen LogP contribution in [-0.4, -0.2) is 40.3 Å². The van der Waals surface area contributed by atoms with Gasteiger partial charge >= 0.3 is 0 Å². The number of hydrogen-bond acceptors (Lipinski definition) is 4. The fraction of sp³-hybridized carbons (Fsp3) is 0.412. The van der Waals surface area contributed by atoms with Crippen LogP contribution in [0.5, 0.6) is 11.5 Å². The van der Waals surface area contributed by atoms with E-state index in [1.165, 1.54) is 0 Å². The molecule has 23 heavy (non-hydrogen) atoms. The quantitative estimate of drug-likeness (QED) is 0.852. The van der Waals surface area contributed by atoms with Crippen LogP contribution < -0.4 is 9.47 Å². The van der Waals surface area contributed by atoms with Gasteiger partial charge in [-0.05, 0) is 25.0 Å². The lowest BCUT2D eigenvalue weighted by molar-refractivity contribution is 0.0725. The zero-order valence-electron chi connectivity index (χ0n) is 13.1. The molecule has 0 spiro atoms. The molecule has 2 aliphatic heterocycles. The lowest BCUT2D eigenvalue weighted by Gasteiger charge is -2.26. The number of fused-ring (bicyclic) bond motifs is 1. The Balaban J connectivity index is 1.66. The Morgan fingerprint density at radius 1 is 1.30 bits per heavy atom. The monoisotopic (exact) mass is 313 g/mol. The van der Waals surface area contributed by atoms with Crippen molar-refractivity contribution in [3.05, 3.63) is 41.7 Å².